The van der Waals surface area contributed by atoms with E-state index in [-0.39, 0.29) is 11.9 Å². The lowest BCUT2D eigenvalue weighted by Crippen LogP contribution is -2.53. The molecule has 6 heteroatoms. The standard InChI is InChI=1S/C19H27N3O3/c1-12-10-15(13(2)25-12)18(23)21-6-8-22(9-7-21)19(24)20-17-11-16(17)14-4-3-5-14/h10,14,16-17H,3-9,11H2,1-2H3,(H,20,24)/t16-,17+/m0/s1. The van der Waals surface area contributed by atoms with Gasteiger partial charge in [0.05, 0.1) is 5.56 Å². The van der Waals surface area contributed by atoms with Crippen LogP contribution in [0.1, 0.15) is 47.6 Å². The first-order chi connectivity index (χ1) is 12.0. The van der Waals surface area contributed by atoms with E-state index in [0.717, 1.165) is 18.1 Å². The Morgan fingerprint density at radius 3 is 2.36 bits per heavy atom. The lowest BCUT2D eigenvalue weighted by molar-refractivity contribution is 0.0662. The molecule has 0 spiro atoms. The van der Waals surface area contributed by atoms with Crippen LogP contribution in [0, 0.1) is 25.7 Å². The van der Waals surface area contributed by atoms with Gasteiger partial charge in [-0.15, -0.1) is 0 Å². The Morgan fingerprint density at radius 1 is 1.12 bits per heavy atom. The predicted octanol–water partition coefficient (Wildman–Crippen LogP) is 2.55. The van der Waals surface area contributed by atoms with Gasteiger partial charge in [-0.2, -0.15) is 0 Å². The summed E-state index contributed by atoms with van der Waals surface area (Å²) < 4.78 is 5.46. The van der Waals surface area contributed by atoms with Gasteiger partial charge in [0.15, 0.2) is 0 Å². The summed E-state index contributed by atoms with van der Waals surface area (Å²) in [6, 6.07) is 2.22. The van der Waals surface area contributed by atoms with Crippen molar-refractivity contribution in [1.29, 1.82) is 0 Å². The number of furan rings is 1. The summed E-state index contributed by atoms with van der Waals surface area (Å²) in [6.45, 7) is 6.00. The van der Waals surface area contributed by atoms with Gasteiger partial charge in [0.2, 0.25) is 0 Å². The van der Waals surface area contributed by atoms with Gasteiger partial charge in [-0.1, -0.05) is 19.3 Å². The Morgan fingerprint density at radius 2 is 1.80 bits per heavy atom. The van der Waals surface area contributed by atoms with Gasteiger partial charge in [0.1, 0.15) is 11.5 Å². The Bertz CT molecular complexity index is 671. The molecule has 2 aliphatic carbocycles. The highest BCUT2D eigenvalue weighted by atomic mass is 16.3. The van der Waals surface area contributed by atoms with Crippen molar-refractivity contribution >= 4 is 11.9 Å². The second-order valence-electron chi connectivity index (χ2n) is 7.75. The molecule has 6 nitrogen and oxygen atoms in total. The zero-order valence-corrected chi connectivity index (χ0v) is 15.1. The fourth-order valence-electron chi connectivity index (χ4n) is 4.15. The van der Waals surface area contributed by atoms with Crippen LogP contribution in [0.4, 0.5) is 4.79 Å². The van der Waals surface area contributed by atoms with Crippen LogP contribution in [-0.2, 0) is 0 Å². The molecular formula is C19H27N3O3. The maximum atomic E-state index is 12.6. The molecule has 0 unspecified atom stereocenters. The van der Waals surface area contributed by atoms with Crippen molar-refractivity contribution in [3.05, 3.63) is 23.2 Å². The summed E-state index contributed by atoms with van der Waals surface area (Å²) in [6.07, 6.45) is 5.18. The first-order valence-electron chi connectivity index (χ1n) is 9.44. The Hall–Kier alpha value is -1.98. The minimum atomic E-state index is 0.00153. The predicted molar refractivity (Wildman–Crippen MR) is 93.4 cm³/mol. The second-order valence-corrected chi connectivity index (χ2v) is 7.75. The second kappa shape index (κ2) is 6.39. The van der Waals surface area contributed by atoms with E-state index >= 15 is 0 Å². The number of nitrogens with one attached hydrogen (secondary N) is 1. The topological polar surface area (TPSA) is 65.8 Å². The summed E-state index contributed by atoms with van der Waals surface area (Å²) in [5.41, 5.74) is 0.636. The van der Waals surface area contributed by atoms with Gasteiger partial charge >= 0.3 is 6.03 Å². The minimum Gasteiger partial charge on any atom is -0.466 e. The molecule has 1 saturated heterocycles. The summed E-state index contributed by atoms with van der Waals surface area (Å²) in [7, 11) is 0. The van der Waals surface area contributed by atoms with Gasteiger partial charge in [0, 0.05) is 32.2 Å². The first-order valence-corrected chi connectivity index (χ1v) is 9.44. The van der Waals surface area contributed by atoms with E-state index in [1.807, 2.05) is 23.6 Å². The van der Waals surface area contributed by atoms with Crippen LogP contribution in [0.3, 0.4) is 0 Å². The molecule has 1 aromatic rings. The molecule has 3 aliphatic rings. The van der Waals surface area contributed by atoms with Gasteiger partial charge < -0.3 is 19.5 Å². The third-order valence-corrected chi connectivity index (χ3v) is 6.03. The van der Waals surface area contributed by atoms with Crippen LogP contribution >= 0.6 is 0 Å². The van der Waals surface area contributed by atoms with Gasteiger partial charge in [-0.3, -0.25) is 4.79 Å². The molecule has 0 aromatic carbocycles. The van der Waals surface area contributed by atoms with E-state index in [0.29, 0.717) is 49.5 Å². The lowest BCUT2D eigenvalue weighted by Gasteiger charge is -2.35. The SMILES string of the molecule is Cc1cc(C(=O)N2CCN(C(=O)N[C@@H]3C[C@H]3C3CCC3)CC2)c(C)o1. The van der Waals surface area contributed by atoms with E-state index in [4.69, 9.17) is 4.42 Å². The maximum absolute atomic E-state index is 12.6. The first kappa shape index (κ1) is 16.5. The Balaban J connectivity index is 1.26. The van der Waals surface area contributed by atoms with E-state index in [9.17, 15) is 9.59 Å². The number of urea groups is 1. The van der Waals surface area contributed by atoms with Crippen molar-refractivity contribution in [1.82, 2.24) is 15.1 Å². The number of hydrogen-bond donors (Lipinski definition) is 1. The molecule has 4 rings (SSSR count). The highest BCUT2D eigenvalue weighted by Crippen LogP contribution is 2.47. The third kappa shape index (κ3) is 3.26. The van der Waals surface area contributed by atoms with E-state index < -0.39 is 0 Å². The van der Waals surface area contributed by atoms with Crippen LogP contribution in [0.2, 0.25) is 0 Å². The van der Waals surface area contributed by atoms with Crippen molar-refractivity contribution in [2.45, 2.75) is 45.6 Å². The number of rotatable bonds is 3. The van der Waals surface area contributed by atoms with Crippen LogP contribution in [0.15, 0.2) is 10.5 Å². The van der Waals surface area contributed by atoms with Crippen molar-refractivity contribution in [2.75, 3.05) is 26.2 Å². The van der Waals surface area contributed by atoms with Crippen molar-refractivity contribution < 1.29 is 14.0 Å². The zero-order valence-electron chi connectivity index (χ0n) is 15.1. The highest BCUT2D eigenvalue weighted by Gasteiger charge is 2.46. The number of amides is 3. The largest absolute Gasteiger partial charge is 0.466 e. The van der Waals surface area contributed by atoms with Gasteiger partial charge in [-0.05, 0) is 38.2 Å². The van der Waals surface area contributed by atoms with Crippen molar-refractivity contribution in [3.63, 3.8) is 0 Å². The molecule has 2 atom stereocenters. The molecule has 3 amide bonds. The summed E-state index contributed by atoms with van der Waals surface area (Å²) in [4.78, 5) is 28.7. The molecule has 2 saturated carbocycles. The van der Waals surface area contributed by atoms with Crippen LogP contribution in [0.5, 0.6) is 0 Å². The molecule has 3 fully saturated rings. The van der Waals surface area contributed by atoms with Crippen LogP contribution < -0.4 is 5.32 Å². The monoisotopic (exact) mass is 345 g/mol. The fourth-order valence-corrected chi connectivity index (χ4v) is 4.15. The molecule has 0 radical (unpaired) electrons. The van der Waals surface area contributed by atoms with Crippen LogP contribution in [0.25, 0.3) is 0 Å². The van der Waals surface area contributed by atoms with E-state index in [1.165, 1.54) is 19.3 Å². The summed E-state index contributed by atoms with van der Waals surface area (Å²) in [5.74, 6) is 2.98. The summed E-state index contributed by atoms with van der Waals surface area (Å²) >= 11 is 0. The van der Waals surface area contributed by atoms with Crippen molar-refractivity contribution in [2.24, 2.45) is 11.8 Å². The minimum absolute atomic E-state index is 0.00153. The highest BCUT2D eigenvalue weighted by molar-refractivity contribution is 5.95. The molecule has 0 bridgehead atoms. The van der Waals surface area contributed by atoms with Crippen LogP contribution in [-0.4, -0.2) is 54.0 Å². The summed E-state index contributed by atoms with van der Waals surface area (Å²) in [5, 5.41) is 3.18. The fraction of sp³-hybridized carbons (Fsp3) is 0.684. The average Bonchev–Trinajstić information content (AvgIpc) is 3.18. The molecular weight excluding hydrogens is 318 g/mol. The number of carbonyl (C=O) groups is 2. The van der Waals surface area contributed by atoms with Gasteiger partial charge in [0.25, 0.3) is 5.91 Å². The Kier molecular flexibility index (Phi) is 4.21. The smallest absolute Gasteiger partial charge is 0.317 e. The Labute approximate surface area is 148 Å². The average molecular weight is 345 g/mol. The molecule has 136 valence electrons. The van der Waals surface area contributed by atoms with Crippen molar-refractivity contribution in [3.8, 4) is 0 Å². The molecule has 25 heavy (non-hydrogen) atoms. The number of nitrogens with zero attached hydrogens (tertiary/aromatic N) is 2. The number of carbonyl (C=O) groups excluding carboxylic acids is 2. The number of piperazine rings is 1. The lowest BCUT2D eigenvalue weighted by atomic mass is 9.81. The quantitative estimate of drug-likeness (QED) is 0.915. The van der Waals surface area contributed by atoms with Gasteiger partial charge in [-0.25, -0.2) is 4.79 Å². The zero-order chi connectivity index (χ0) is 17.6. The molecule has 2 heterocycles. The normalized spacial score (nSPS) is 26.3. The van der Waals surface area contributed by atoms with E-state index in [1.54, 1.807) is 6.07 Å². The third-order valence-electron chi connectivity index (χ3n) is 6.03. The molecule has 1 aromatic heterocycles. The maximum Gasteiger partial charge on any atom is 0.317 e. The van der Waals surface area contributed by atoms with E-state index in [2.05, 4.69) is 5.32 Å². The molecule has 1 aliphatic heterocycles. The number of aryl methyl sites for hydroxylation is 2. The number of hydrogen-bond acceptors (Lipinski definition) is 3. The molecule has 1 N–H and O–H groups in total.